The van der Waals surface area contributed by atoms with Gasteiger partial charge in [0.2, 0.25) is 0 Å². The quantitative estimate of drug-likeness (QED) is 0.840. The minimum atomic E-state index is -0.149. The number of rotatable bonds is 6. The first-order valence-corrected chi connectivity index (χ1v) is 8.16. The van der Waals surface area contributed by atoms with Crippen LogP contribution in [0.1, 0.15) is 38.2 Å². The van der Waals surface area contributed by atoms with Crippen molar-refractivity contribution in [2.24, 2.45) is 0 Å². The summed E-state index contributed by atoms with van der Waals surface area (Å²) >= 11 is 3.30. The summed E-state index contributed by atoms with van der Waals surface area (Å²) in [5.74, 6) is -0.149. The van der Waals surface area contributed by atoms with E-state index < -0.39 is 0 Å². The van der Waals surface area contributed by atoms with E-state index in [1.807, 2.05) is 26.1 Å². The highest BCUT2D eigenvalue weighted by atomic mass is 79.9. The van der Waals surface area contributed by atoms with E-state index in [2.05, 4.69) is 21.2 Å². The van der Waals surface area contributed by atoms with E-state index in [-0.39, 0.29) is 17.5 Å². The number of nitrogens with one attached hydrogen (secondary N) is 1. The van der Waals surface area contributed by atoms with Gasteiger partial charge in [0, 0.05) is 17.1 Å². The molecular weight excluding hydrogens is 321 g/mol. The smallest absolute Gasteiger partial charge is 0.127 e. The second kappa shape index (κ2) is 7.01. The minimum Gasteiger partial charge on any atom is -0.374 e. The number of benzene rings is 1. The molecule has 0 aliphatic heterocycles. The zero-order valence-corrected chi connectivity index (χ0v) is 13.8. The van der Waals surface area contributed by atoms with Gasteiger partial charge >= 0.3 is 0 Å². The number of ether oxygens (including phenoxy) is 1. The van der Waals surface area contributed by atoms with Crippen LogP contribution in [0.2, 0.25) is 0 Å². The highest BCUT2D eigenvalue weighted by Gasteiger charge is 2.41. The van der Waals surface area contributed by atoms with Crippen molar-refractivity contribution >= 4 is 15.9 Å². The largest absolute Gasteiger partial charge is 0.374 e. The SMILES string of the molecule is CCOC1(C(Cc2ccc(Br)cc2F)NC)CCCC1. The Balaban J connectivity index is 2.18. The number of halogens is 2. The average molecular weight is 344 g/mol. The summed E-state index contributed by atoms with van der Waals surface area (Å²) in [4.78, 5) is 0. The summed E-state index contributed by atoms with van der Waals surface area (Å²) in [6.07, 6.45) is 5.17. The molecule has 1 N–H and O–H groups in total. The molecule has 0 spiro atoms. The standard InChI is InChI=1S/C16H23BrFNO/c1-3-20-16(8-4-5-9-16)15(19-2)10-12-6-7-13(17)11-14(12)18/h6-7,11,15,19H,3-5,8-10H2,1-2H3. The molecule has 4 heteroatoms. The average Bonchev–Trinajstić information content (AvgIpc) is 2.88. The van der Waals surface area contributed by atoms with E-state index in [0.717, 1.165) is 22.9 Å². The zero-order chi connectivity index (χ0) is 14.6. The van der Waals surface area contributed by atoms with Crippen molar-refractivity contribution in [3.63, 3.8) is 0 Å². The van der Waals surface area contributed by atoms with Crippen molar-refractivity contribution in [1.29, 1.82) is 0 Å². The molecule has 2 rings (SSSR count). The molecule has 1 fully saturated rings. The molecule has 0 bridgehead atoms. The molecule has 1 aliphatic rings. The second-order valence-electron chi connectivity index (χ2n) is 5.49. The predicted octanol–water partition coefficient (Wildman–Crippen LogP) is 4.07. The van der Waals surface area contributed by atoms with Crippen LogP contribution in [-0.4, -0.2) is 25.3 Å². The van der Waals surface area contributed by atoms with E-state index in [9.17, 15) is 4.39 Å². The summed E-state index contributed by atoms with van der Waals surface area (Å²) < 4.78 is 20.9. The Morgan fingerprint density at radius 2 is 2.10 bits per heavy atom. The molecule has 1 aromatic carbocycles. The Labute approximate surface area is 129 Å². The Morgan fingerprint density at radius 1 is 1.40 bits per heavy atom. The van der Waals surface area contributed by atoms with Crippen molar-refractivity contribution in [3.05, 3.63) is 34.1 Å². The summed E-state index contributed by atoms with van der Waals surface area (Å²) in [7, 11) is 1.94. The Hall–Kier alpha value is -0.450. The van der Waals surface area contributed by atoms with E-state index in [0.29, 0.717) is 13.0 Å². The lowest BCUT2D eigenvalue weighted by Crippen LogP contribution is -2.51. The van der Waals surface area contributed by atoms with Gasteiger partial charge in [-0.25, -0.2) is 4.39 Å². The van der Waals surface area contributed by atoms with Crippen molar-refractivity contribution in [2.75, 3.05) is 13.7 Å². The first-order chi connectivity index (χ1) is 9.61. The molecule has 0 heterocycles. The number of likely N-dealkylation sites (N-methyl/N-ethyl adjacent to an activating group) is 1. The lowest BCUT2D eigenvalue weighted by Gasteiger charge is -2.37. The van der Waals surface area contributed by atoms with Crippen LogP contribution < -0.4 is 5.32 Å². The molecular formula is C16H23BrFNO. The molecule has 112 valence electrons. The first kappa shape index (κ1) is 15.9. The number of hydrogen-bond donors (Lipinski definition) is 1. The first-order valence-electron chi connectivity index (χ1n) is 7.36. The van der Waals surface area contributed by atoms with Gasteiger partial charge < -0.3 is 10.1 Å². The Morgan fingerprint density at radius 3 is 2.65 bits per heavy atom. The van der Waals surface area contributed by atoms with Crippen LogP contribution in [0.5, 0.6) is 0 Å². The van der Waals surface area contributed by atoms with Gasteiger partial charge in [0.25, 0.3) is 0 Å². The fourth-order valence-electron chi connectivity index (χ4n) is 3.31. The second-order valence-corrected chi connectivity index (χ2v) is 6.40. The van der Waals surface area contributed by atoms with Crippen molar-refractivity contribution in [2.45, 2.75) is 50.7 Å². The van der Waals surface area contributed by atoms with Gasteiger partial charge in [-0.05, 0) is 50.9 Å². The van der Waals surface area contributed by atoms with Crippen molar-refractivity contribution in [3.8, 4) is 0 Å². The van der Waals surface area contributed by atoms with E-state index >= 15 is 0 Å². The van der Waals surface area contributed by atoms with Crippen molar-refractivity contribution < 1.29 is 9.13 Å². The third-order valence-electron chi connectivity index (χ3n) is 4.30. The minimum absolute atomic E-state index is 0.136. The van der Waals surface area contributed by atoms with E-state index in [1.165, 1.54) is 18.9 Å². The zero-order valence-electron chi connectivity index (χ0n) is 12.2. The fraction of sp³-hybridized carbons (Fsp3) is 0.625. The van der Waals surface area contributed by atoms with Crippen LogP contribution in [0.3, 0.4) is 0 Å². The molecule has 1 atom stereocenters. The van der Waals surface area contributed by atoms with Crippen LogP contribution >= 0.6 is 15.9 Å². The maximum atomic E-state index is 14.0. The highest BCUT2D eigenvalue weighted by Crippen LogP contribution is 2.37. The maximum Gasteiger partial charge on any atom is 0.127 e. The van der Waals surface area contributed by atoms with Crippen LogP contribution in [0, 0.1) is 5.82 Å². The molecule has 20 heavy (non-hydrogen) atoms. The maximum absolute atomic E-state index is 14.0. The van der Waals surface area contributed by atoms with Gasteiger partial charge in [-0.1, -0.05) is 34.8 Å². The topological polar surface area (TPSA) is 21.3 Å². The lowest BCUT2D eigenvalue weighted by molar-refractivity contribution is -0.0598. The van der Waals surface area contributed by atoms with E-state index in [4.69, 9.17) is 4.74 Å². The normalized spacial score (nSPS) is 19.2. The summed E-state index contributed by atoms with van der Waals surface area (Å²) in [5.41, 5.74) is 0.613. The molecule has 0 aromatic heterocycles. The summed E-state index contributed by atoms with van der Waals surface area (Å²) in [6, 6.07) is 5.44. The third-order valence-corrected chi connectivity index (χ3v) is 4.80. The molecule has 0 radical (unpaired) electrons. The van der Waals surface area contributed by atoms with Crippen LogP contribution in [0.15, 0.2) is 22.7 Å². The molecule has 1 aromatic rings. The van der Waals surface area contributed by atoms with Gasteiger partial charge in [-0.3, -0.25) is 0 Å². The summed E-state index contributed by atoms with van der Waals surface area (Å²) in [5, 5.41) is 3.36. The van der Waals surface area contributed by atoms with Crippen LogP contribution in [0.4, 0.5) is 4.39 Å². The molecule has 1 unspecified atom stereocenters. The lowest BCUT2D eigenvalue weighted by atomic mass is 9.87. The van der Waals surface area contributed by atoms with Crippen molar-refractivity contribution in [1.82, 2.24) is 5.32 Å². The molecule has 1 aliphatic carbocycles. The van der Waals surface area contributed by atoms with Gasteiger partial charge in [0.05, 0.1) is 5.60 Å². The molecule has 2 nitrogen and oxygen atoms in total. The molecule has 0 saturated heterocycles. The van der Waals surface area contributed by atoms with Gasteiger partial charge in [0.15, 0.2) is 0 Å². The van der Waals surface area contributed by atoms with Gasteiger partial charge in [-0.2, -0.15) is 0 Å². The van der Waals surface area contributed by atoms with Crippen LogP contribution in [0.25, 0.3) is 0 Å². The monoisotopic (exact) mass is 343 g/mol. The highest BCUT2D eigenvalue weighted by molar-refractivity contribution is 9.10. The van der Waals surface area contributed by atoms with E-state index in [1.54, 1.807) is 0 Å². The molecule has 1 saturated carbocycles. The van der Waals surface area contributed by atoms with Crippen LogP contribution in [-0.2, 0) is 11.2 Å². The van der Waals surface area contributed by atoms with Gasteiger partial charge in [-0.15, -0.1) is 0 Å². The Kier molecular flexibility index (Phi) is 5.58. The Bertz CT molecular complexity index is 446. The molecule has 0 amide bonds. The summed E-state index contributed by atoms with van der Waals surface area (Å²) in [6.45, 7) is 2.74. The third kappa shape index (κ3) is 3.41. The number of hydrogen-bond acceptors (Lipinski definition) is 2. The van der Waals surface area contributed by atoms with Gasteiger partial charge in [0.1, 0.15) is 5.82 Å². The predicted molar refractivity (Wildman–Crippen MR) is 83.5 cm³/mol. The fourth-order valence-corrected chi connectivity index (χ4v) is 3.65.